The maximum atomic E-state index is 6.05. The Bertz CT molecular complexity index is 966. The summed E-state index contributed by atoms with van der Waals surface area (Å²) >= 11 is 0. The lowest BCUT2D eigenvalue weighted by Crippen LogP contribution is -1.87. The molecule has 0 aliphatic carbocycles. The molecule has 0 saturated carbocycles. The van der Waals surface area contributed by atoms with E-state index in [9.17, 15) is 0 Å². The molecule has 0 aliphatic heterocycles. The molecule has 2 aromatic carbocycles. The Kier molecular flexibility index (Phi) is 2.58. The van der Waals surface area contributed by atoms with E-state index in [1.165, 1.54) is 11.1 Å². The minimum atomic E-state index is 0.863. The maximum absolute atomic E-state index is 6.05. The molecular formula is C19H15NO. The third kappa shape index (κ3) is 1.83. The minimum absolute atomic E-state index is 0.863. The van der Waals surface area contributed by atoms with Gasteiger partial charge in [-0.3, -0.25) is 4.98 Å². The third-order valence-corrected chi connectivity index (χ3v) is 4.07. The molecule has 102 valence electrons. The monoisotopic (exact) mass is 273 g/mol. The van der Waals surface area contributed by atoms with Gasteiger partial charge in [0.15, 0.2) is 5.58 Å². The number of hydrogen-bond donors (Lipinski definition) is 0. The van der Waals surface area contributed by atoms with E-state index in [2.05, 4.69) is 43.1 Å². The molecule has 2 nitrogen and oxygen atoms in total. The predicted molar refractivity (Wildman–Crippen MR) is 86.4 cm³/mol. The summed E-state index contributed by atoms with van der Waals surface area (Å²) in [5.41, 5.74) is 6.33. The molecule has 0 N–H and O–H groups in total. The Labute approximate surface area is 123 Å². The number of para-hydroxylation sites is 1. The van der Waals surface area contributed by atoms with Crippen molar-refractivity contribution in [1.82, 2.24) is 4.98 Å². The largest absolute Gasteiger partial charge is 0.454 e. The lowest BCUT2D eigenvalue weighted by Gasteiger charge is -2.05. The van der Waals surface area contributed by atoms with Gasteiger partial charge in [0.1, 0.15) is 11.3 Å². The van der Waals surface area contributed by atoms with Gasteiger partial charge in [0.05, 0.1) is 0 Å². The van der Waals surface area contributed by atoms with E-state index >= 15 is 0 Å². The average molecular weight is 273 g/mol. The molecule has 4 rings (SSSR count). The molecule has 0 unspecified atom stereocenters. The maximum Gasteiger partial charge on any atom is 0.161 e. The van der Waals surface area contributed by atoms with E-state index in [-0.39, 0.29) is 0 Å². The smallest absolute Gasteiger partial charge is 0.161 e. The first-order valence-electron chi connectivity index (χ1n) is 7.08. The van der Waals surface area contributed by atoms with Gasteiger partial charge in [0, 0.05) is 22.5 Å². The van der Waals surface area contributed by atoms with Crippen LogP contribution in [0.1, 0.15) is 11.1 Å². The summed E-state index contributed by atoms with van der Waals surface area (Å²) < 4.78 is 6.05. The van der Waals surface area contributed by atoms with E-state index in [1.807, 2.05) is 30.5 Å². The highest BCUT2D eigenvalue weighted by Gasteiger charge is 2.13. The molecular weight excluding hydrogens is 258 g/mol. The number of hydrogen-bond acceptors (Lipinski definition) is 2. The zero-order valence-corrected chi connectivity index (χ0v) is 12.1. The summed E-state index contributed by atoms with van der Waals surface area (Å²) in [4.78, 5) is 4.55. The Balaban J connectivity index is 2.06. The highest BCUT2D eigenvalue weighted by molar-refractivity contribution is 6.08. The summed E-state index contributed by atoms with van der Waals surface area (Å²) in [6.45, 7) is 4.24. The van der Waals surface area contributed by atoms with Crippen molar-refractivity contribution < 1.29 is 4.42 Å². The van der Waals surface area contributed by atoms with Gasteiger partial charge in [0.25, 0.3) is 0 Å². The highest BCUT2D eigenvalue weighted by Crippen LogP contribution is 2.34. The van der Waals surface area contributed by atoms with Crippen LogP contribution in [0.2, 0.25) is 0 Å². The molecule has 2 heterocycles. The number of nitrogens with zero attached hydrogens (tertiary/aromatic N) is 1. The van der Waals surface area contributed by atoms with Crippen LogP contribution in [0.3, 0.4) is 0 Å². The third-order valence-electron chi connectivity index (χ3n) is 4.07. The lowest BCUT2D eigenvalue weighted by atomic mass is 10.0. The first-order valence-corrected chi connectivity index (χ1v) is 7.08. The molecule has 0 aliphatic rings. The van der Waals surface area contributed by atoms with Gasteiger partial charge in [-0.05, 0) is 43.2 Å². The van der Waals surface area contributed by atoms with Crippen molar-refractivity contribution in [2.75, 3.05) is 0 Å². The SMILES string of the molecule is Cc1ccc(-c2nccc3c2oc2ccccc23)cc1C. The van der Waals surface area contributed by atoms with Crippen molar-refractivity contribution in [3.05, 3.63) is 65.9 Å². The molecule has 0 atom stereocenters. The average Bonchev–Trinajstić information content (AvgIpc) is 2.89. The van der Waals surface area contributed by atoms with E-state index < -0.39 is 0 Å². The number of aromatic nitrogens is 1. The van der Waals surface area contributed by atoms with Crippen molar-refractivity contribution in [1.29, 1.82) is 0 Å². The topological polar surface area (TPSA) is 26.0 Å². The van der Waals surface area contributed by atoms with Crippen LogP contribution >= 0.6 is 0 Å². The fourth-order valence-electron chi connectivity index (χ4n) is 2.75. The standard InChI is InChI=1S/C19H15NO/c1-12-7-8-14(11-13(12)2)18-19-16(9-10-20-18)15-5-3-4-6-17(15)21-19/h3-11H,1-2H3. The fraction of sp³-hybridized carbons (Fsp3) is 0.105. The molecule has 2 heteroatoms. The highest BCUT2D eigenvalue weighted by atomic mass is 16.3. The van der Waals surface area contributed by atoms with Gasteiger partial charge in [0.2, 0.25) is 0 Å². The fourth-order valence-corrected chi connectivity index (χ4v) is 2.75. The zero-order chi connectivity index (χ0) is 14.4. The number of furan rings is 1. The van der Waals surface area contributed by atoms with Gasteiger partial charge in [-0.15, -0.1) is 0 Å². The number of benzene rings is 2. The molecule has 21 heavy (non-hydrogen) atoms. The Morgan fingerprint density at radius 2 is 1.71 bits per heavy atom. The van der Waals surface area contributed by atoms with Crippen LogP contribution in [0, 0.1) is 13.8 Å². The van der Waals surface area contributed by atoms with Crippen LogP contribution in [0.15, 0.2) is 59.1 Å². The zero-order valence-electron chi connectivity index (χ0n) is 12.1. The van der Waals surface area contributed by atoms with Crippen molar-refractivity contribution in [2.45, 2.75) is 13.8 Å². The van der Waals surface area contributed by atoms with Crippen molar-refractivity contribution in [3.8, 4) is 11.3 Å². The first kappa shape index (κ1) is 12.2. The van der Waals surface area contributed by atoms with E-state index in [0.717, 1.165) is 33.2 Å². The quantitative estimate of drug-likeness (QED) is 0.472. The van der Waals surface area contributed by atoms with Crippen molar-refractivity contribution in [2.24, 2.45) is 0 Å². The molecule has 0 fully saturated rings. The lowest BCUT2D eigenvalue weighted by molar-refractivity contribution is 0.668. The normalized spacial score (nSPS) is 11.3. The summed E-state index contributed by atoms with van der Waals surface area (Å²) in [5.74, 6) is 0. The number of fused-ring (bicyclic) bond motifs is 3. The minimum Gasteiger partial charge on any atom is -0.454 e. The first-order chi connectivity index (χ1) is 10.2. The molecule has 4 aromatic rings. The van der Waals surface area contributed by atoms with Crippen LogP contribution < -0.4 is 0 Å². The Hall–Kier alpha value is -2.61. The van der Waals surface area contributed by atoms with Gasteiger partial charge < -0.3 is 4.42 Å². The van der Waals surface area contributed by atoms with Gasteiger partial charge in [-0.2, -0.15) is 0 Å². The van der Waals surface area contributed by atoms with Crippen molar-refractivity contribution >= 4 is 21.9 Å². The van der Waals surface area contributed by atoms with Crippen LogP contribution in [0.25, 0.3) is 33.2 Å². The van der Waals surface area contributed by atoms with Crippen LogP contribution in [-0.4, -0.2) is 4.98 Å². The molecule has 0 bridgehead atoms. The molecule has 0 spiro atoms. The number of rotatable bonds is 1. The second-order valence-electron chi connectivity index (χ2n) is 5.43. The van der Waals surface area contributed by atoms with Gasteiger partial charge in [-0.1, -0.05) is 30.3 Å². The number of aryl methyl sites for hydroxylation is 2. The molecule has 0 radical (unpaired) electrons. The second kappa shape index (κ2) is 4.45. The van der Waals surface area contributed by atoms with Crippen LogP contribution in [0.5, 0.6) is 0 Å². The van der Waals surface area contributed by atoms with E-state index in [1.54, 1.807) is 0 Å². The summed E-state index contributed by atoms with van der Waals surface area (Å²) in [6, 6.07) is 16.5. The summed E-state index contributed by atoms with van der Waals surface area (Å²) in [7, 11) is 0. The predicted octanol–water partition coefficient (Wildman–Crippen LogP) is 5.26. The second-order valence-corrected chi connectivity index (χ2v) is 5.43. The molecule has 2 aromatic heterocycles. The van der Waals surface area contributed by atoms with Crippen LogP contribution in [-0.2, 0) is 0 Å². The summed E-state index contributed by atoms with van der Waals surface area (Å²) in [5, 5.41) is 2.26. The van der Waals surface area contributed by atoms with E-state index in [0.29, 0.717) is 0 Å². The van der Waals surface area contributed by atoms with E-state index in [4.69, 9.17) is 4.42 Å². The van der Waals surface area contributed by atoms with Crippen molar-refractivity contribution in [3.63, 3.8) is 0 Å². The Morgan fingerprint density at radius 3 is 2.57 bits per heavy atom. The van der Waals surface area contributed by atoms with Gasteiger partial charge in [-0.25, -0.2) is 0 Å². The Morgan fingerprint density at radius 1 is 0.857 bits per heavy atom. The molecule has 0 saturated heterocycles. The van der Waals surface area contributed by atoms with Crippen LogP contribution in [0.4, 0.5) is 0 Å². The number of pyridine rings is 1. The molecule has 0 amide bonds. The summed E-state index contributed by atoms with van der Waals surface area (Å²) in [6.07, 6.45) is 1.86. The van der Waals surface area contributed by atoms with Gasteiger partial charge >= 0.3 is 0 Å².